The van der Waals surface area contributed by atoms with Crippen molar-refractivity contribution in [2.75, 3.05) is 26.3 Å². The predicted molar refractivity (Wildman–Crippen MR) is 66.6 cm³/mol. The summed E-state index contributed by atoms with van der Waals surface area (Å²) >= 11 is 0. The van der Waals surface area contributed by atoms with Crippen LogP contribution in [-0.4, -0.2) is 31.2 Å². The molecule has 1 aliphatic heterocycles. The van der Waals surface area contributed by atoms with Gasteiger partial charge in [-0.05, 0) is 26.3 Å². The highest BCUT2D eigenvalue weighted by Gasteiger charge is 2.29. The number of hydrogen-bond acceptors (Lipinski definition) is 2. The highest BCUT2D eigenvalue weighted by atomic mass is 16.5. The van der Waals surface area contributed by atoms with Crippen molar-refractivity contribution in [3.05, 3.63) is 35.4 Å². The Labute approximate surface area is 98.2 Å². The Bertz CT molecular complexity index is 336. The number of ether oxygens (including phenoxy) is 1. The van der Waals surface area contributed by atoms with Crippen molar-refractivity contribution in [2.45, 2.75) is 26.3 Å². The largest absolute Gasteiger partial charge is 0.379 e. The van der Waals surface area contributed by atoms with Gasteiger partial charge in [0, 0.05) is 18.6 Å². The van der Waals surface area contributed by atoms with Gasteiger partial charge in [-0.15, -0.1) is 0 Å². The lowest BCUT2D eigenvalue weighted by molar-refractivity contribution is -0.0118. The van der Waals surface area contributed by atoms with E-state index >= 15 is 0 Å². The second-order valence-electron chi connectivity index (χ2n) is 5.02. The second kappa shape index (κ2) is 4.56. The number of benzene rings is 1. The summed E-state index contributed by atoms with van der Waals surface area (Å²) in [5.74, 6) is 0. The first-order valence-electron chi connectivity index (χ1n) is 6.00. The summed E-state index contributed by atoms with van der Waals surface area (Å²) in [7, 11) is 0. The molecule has 0 N–H and O–H groups in total. The van der Waals surface area contributed by atoms with Crippen LogP contribution in [0.25, 0.3) is 0 Å². The molecule has 0 spiro atoms. The first-order valence-corrected chi connectivity index (χ1v) is 6.00. The lowest BCUT2D eigenvalue weighted by atomic mass is 9.91. The lowest BCUT2D eigenvalue weighted by Gasteiger charge is -2.41. The van der Waals surface area contributed by atoms with Crippen LogP contribution in [0.5, 0.6) is 0 Å². The lowest BCUT2D eigenvalue weighted by Crippen LogP contribution is -2.47. The average Bonchev–Trinajstić information content (AvgIpc) is 2.31. The average molecular weight is 219 g/mol. The molecule has 2 heteroatoms. The van der Waals surface area contributed by atoms with Gasteiger partial charge in [0.15, 0.2) is 0 Å². The number of nitrogens with zero attached hydrogens (tertiary/aromatic N) is 1. The maximum absolute atomic E-state index is 5.41. The van der Waals surface area contributed by atoms with Gasteiger partial charge in [-0.1, -0.05) is 29.8 Å². The van der Waals surface area contributed by atoms with Gasteiger partial charge in [-0.3, -0.25) is 4.90 Å². The van der Waals surface area contributed by atoms with Crippen LogP contribution in [0.4, 0.5) is 0 Å². The van der Waals surface area contributed by atoms with Gasteiger partial charge in [0.05, 0.1) is 13.2 Å². The number of aryl methyl sites for hydroxylation is 1. The molecular formula is C14H21NO. The molecule has 0 aromatic heterocycles. The highest BCUT2D eigenvalue weighted by molar-refractivity contribution is 5.27. The van der Waals surface area contributed by atoms with Crippen LogP contribution in [0.2, 0.25) is 0 Å². The van der Waals surface area contributed by atoms with E-state index in [0.29, 0.717) is 0 Å². The summed E-state index contributed by atoms with van der Waals surface area (Å²) in [5, 5.41) is 0. The van der Waals surface area contributed by atoms with Crippen LogP contribution in [0, 0.1) is 6.92 Å². The van der Waals surface area contributed by atoms with Gasteiger partial charge in [-0.25, -0.2) is 0 Å². The normalized spacial score (nSPS) is 18.7. The zero-order valence-electron chi connectivity index (χ0n) is 10.5. The molecule has 0 saturated carbocycles. The minimum Gasteiger partial charge on any atom is -0.379 e. The van der Waals surface area contributed by atoms with E-state index in [1.807, 2.05) is 0 Å². The van der Waals surface area contributed by atoms with Gasteiger partial charge >= 0.3 is 0 Å². The molecule has 0 atom stereocenters. The molecule has 1 aliphatic rings. The van der Waals surface area contributed by atoms with Crippen LogP contribution in [0.3, 0.4) is 0 Å². The summed E-state index contributed by atoms with van der Waals surface area (Å²) < 4.78 is 5.41. The van der Waals surface area contributed by atoms with Crippen molar-refractivity contribution < 1.29 is 4.74 Å². The molecule has 2 rings (SSSR count). The van der Waals surface area contributed by atoms with Crippen LogP contribution in [-0.2, 0) is 10.3 Å². The van der Waals surface area contributed by atoms with Crippen LogP contribution < -0.4 is 0 Å². The van der Waals surface area contributed by atoms with Gasteiger partial charge in [0.2, 0.25) is 0 Å². The van der Waals surface area contributed by atoms with E-state index in [2.05, 4.69) is 49.9 Å². The van der Waals surface area contributed by atoms with Crippen molar-refractivity contribution in [1.29, 1.82) is 0 Å². The van der Waals surface area contributed by atoms with Crippen LogP contribution in [0.1, 0.15) is 25.0 Å². The third-order valence-electron chi connectivity index (χ3n) is 3.56. The molecule has 1 heterocycles. The van der Waals surface area contributed by atoms with Crippen molar-refractivity contribution in [2.24, 2.45) is 0 Å². The van der Waals surface area contributed by atoms with Crippen molar-refractivity contribution in [3.63, 3.8) is 0 Å². The fraction of sp³-hybridized carbons (Fsp3) is 0.571. The Morgan fingerprint density at radius 3 is 2.19 bits per heavy atom. The predicted octanol–water partition coefficient (Wildman–Crippen LogP) is 2.56. The summed E-state index contributed by atoms with van der Waals surface area (Å²) in [6, 6.07) is 8.87. The minimum atomic E-state index is 0.109. The standard InChI is InChI=1S/C14H21NO/c1-12-4-6-13(7-5-12)14(2,3)15-8-10-16-11-9-15/h4-7H,8-11H2,1-3H3. The zero-order valence-corrected chi connectivity index (χ0v) is 10.5. The fourth-order valence-electron chi connectivity index (χ4n) is 2.27. The topological polar surface area (TPSA) is 12.5 Å². The van der Waals surface area contributed by atoms with Gasteiger partial charge in [-0.2, -0.15) is 0 Å². The third-order valence-corrected chi connectivity index (χ3v) is 3.56. The molecule has 1 aromatic rings. The zero-order chi connectivity index (χ0) is 11.6. The smallest absolute Gasteiger partial charge is 0.0594 e. The molecule has 1 saturated heterocycles. The molecule has 1 aromatic carbocycles. The summed E-state index contributed by atoms with van der Waals surface area (Å²) in [4.78, 5) is 2.50. The van der Waals surface area contributed by atoms with Crippen LogP contribution >= 0.6 is 0 Å². The maximum Gasteiger partial charge on any atom is 0.0594 e. The van der Waals surface area contributed by atoms with Crippen molar-refractivity contribution in [1.82, 2.24) is 4.90 Å². The highest BCUT2D eigenvalue weighted by Crippen LogP contribution is 2.28. The van der Waals surface area contributed by atoms with Gasteiger partial charge < -0.3 is 4.74 Å². The van der Waals surface area contributed by atoms with Crippen LogP contribution in [0.15, 0.2) is 24.3 Å². The first kappa shape index (κ1) is 11.6. The molecule has 0 bridgehead atoms. The van der Waals surface area contributed by atoms with E-state index in [4.69, 9.17) is 4.74 Å². The van der Waals surface area contributed by atoms with Crippen molar-refractivity contribution >= 4 is 0 Å². The number of rotatable bonds is 2. The minimum absolute atomic E-state index is 0.109. The molecule has 1 fully saturated rings. The van der Waals surface area contributed by atoms with E-state index < -0.39 is 0 Å². The van der Waals surface area contributed by atoms with Crippen molar-refractivity contribution in [3.8, 4) is 0 Å². The van der Waals surface area contributed by atoms with E-state index in [-0.39, 0.29) is 5.54 Å². The van der Waals surface area contributed by atoms with Gasteiger partial charge in [0.25, 0.3) is 0 Å². The summed E-state index contributed by atoms with van der Waals surface area (Å²) in [6.07, 6.45) is 0. The van der Waals surface area contributed by atoms with E-state index in [1.165, 1.54) is 11.1 Å². The number of hydrogen-bond donors (Lipinski definition) is 0. The third kappa shape index (κ3) is 2.28. The van der Waals surface area contributed by atoms with E-state index in [1.54, 1.807) is 0 Å². The molecule has 0 aliphatic carbocycles. The molecule has 88 valence electrons. The molecular weight excluding hydrogens is 198 g/mol. The maximum atomic E-state index is 5.41. The Hall–Kier alpha value is -0.860. The summed E-state index contributed by atoms with van der Waals surface area (Å²) in [5.41, 5.74) is 2.82. The molecule has 0 radical (unpaired) electrons. The Balaban J connectivity index is 2.19. The quantitative estimate of drug-likeness (QED) is 0.758. The monoisotopic (exact) mass is 219 g/mol. The molecule has 0 amide bonds. The van der Waals surface area contributed by atoms with E-state index in [0.717, 1.165) is 26.3 Å². The molecule has 0 unspecified atom stereocenters. The Morgan fingerprint density at radius 1 is 1.06 bits per heavy atom. The Kier molecular flexibility index (Phi) is 3.31. The van der Waals surface area contributed by atoms with E-state index in [9.17, 15) is 0 Å². The summed E-state index contributed by atoms with van der Waals surface area (Å²) in [6.45, 7) is 10.5. The second-order valence-corrected chi connectivity index (χ2v) is 5.02. The Morgan fingerprint density at radius 2 is 1.62 bits per heavy atom. The number of morpholine rings is 1. The first-order chi connectivity index (χ1) is 7.60. The molecule has 16 heavy (non-hydrogen) atoms. The molecule has 2 nitrogen and oxygen atoms in total. The fourth-order valence-corrected chi connectivity index (χ4v) is 2.27. The van der Waals surface area contributed by atoms with Gasteiger partial charge in [0.1, 0.15) is 0 Å². The SMILES string of the molecule is Cc1ccc(C(C)(C)N2CCOCC2)cc1.